The van der Waals surface area contributed by atoms with Gasteiger partial charge in [-0.05, 0) is 29.2 Å². The Kier molecular flexibility index (Phi) is 6.32. The Morgan fingerprint density at radius 1 is 0.840 bits per heavy atom. The molecule has 0 amide bonds. The largest absolute Gasteiger partial charge is 0.469 e. The van der Waals surface area contributed by atoms with Gasteiger partial charge in [0.15, 0.2) is 0 Å². The summed E-state index contributed by atoms with van der Waals surface area (Å²) < 4.78 is 9.24. The quantitative estimate of drug-likeness (QED) is 0.428. The number of carbonyl (C=O) groups is 4. The van der Waals surface area contributed by atoms with Crippen LogP contribution in [0.4, 0.5) is 0 Å². The average molecular weight is 352 g/mol. The van der Waals surface area contributed by atoms with Crippen LogP contribution in [0.2, 0.25) is 0 Å². The number of hydrogen-bond donors (Lipinski definition) is 0. The van der Waals surface area contributed by atoms with Crippen molar-refractivity contribution < 1.29 is 28.7 Å². The fourth-order valence-electron chi connectivity index (χ4n) is 3.40. The fraction of sp³-hybridized carbons (Fsp3) is 0.684. The lowest BCUT2D eigenvalue weighted by Crippen LogP contribution is -2.07. The monoisotopic (exact) mass is 352 g/mol. The molecule has 2 fully saturated rings. The minimum absolute atomic E-state index is 0.0721. The molecule has 0 radical (unpaired) electrons. The third-order valence-corrected chi connectivity index (χ3v) is 5.51. The maximum absolute atomic E-state index is 11.3. The normalized spacial score (nSPS) is 30.9. The van der Waals surface area contributed by atoms with E-state index < -0.39 is 0 Å². The summed E-state index contributed by atoms with van der Waals surface area (Å²) >= 11 is 0. The minimum atomic E-state index is -0.271. The molecule has 4 atom stereocenters. The van der Waals surface area contributed by atoms with Crippen molar-refractivity contribution in [1.29, 1.82) is 0 Å². The van der Waals surface area contributed by atoms with Gasteiger partial charge < -0.3 is 14.3 Å². The fourth-order valence-corrected chi connectivity index (χ4v) is 3.40. The molecule has 140 valence electrons. The third-order valence-electron chi connectivity index (χ3n) is 5.51. The molecule has 2 aliphatic rings. The van der Waals surface area contributed by atoms with Crippen LogP contribution in [0.3, 0.4) is 0 Å². The Morgan fingerprint density at radius 3 is 1.56 bits per heavy atom. The third kappa shape index (κ3) is 4.17. The van der Waals surface area contributed by atoms with Gasteiger partial charge in [0.05, 0.1) is 26.1 Å². The van der Waals surface area contributed by atoms with E-state index in [2.05, 4.69) is 4.74 Å². The van der Waals surface area contributed by atoms with E-state index in [0.717, 1.165) is 12.6 Å². The van der Waals surface area contributed by atoms with E-state index in [-0.39, 0.29) is 46.4 Å². The number of carbonyl (C=O) groups excluding carboxylic acids is 4. The zero-order chi connectivity index (χ0) is 19.6. The van der Waals surface area contributed by atoms with E-state index in [9.17, 15) is 19.2 Å². The number of esters is 2. The van der Waals surface area contributed by atoms with Gasteiger partial charge in [-0.25, -0.2) is 0 Å². The van der Waals surface area contributed by atoms with Crippen molar-refractivity contribution in [3.05, 3.63) is 11.6 Å². The van der Waals surface area contributed by atoms with Crippen molar-refractivity contribution in [3.63, 3.8) is 0 Å². The van der Waals surface area contributed by atoms with E-state index >= 15 is 0 Å². The highest BCUT2D eigenvalue weighted by molar-refractivity contribution is 5.84. The first kappa shape index (κ1) is 21.1. The van der Waals surface area contributed by atoms with Gasteiger partial charge in [-0.15, -0.1) is 0 Å². The molecular formula is C19H28O6. The molecule has 2 aliphatic carbocycles. The molecular weight excluding hydrogens is 324 g/mol. The molecule has 0 aliphatic heterocycles. The summed E-state index contributed by atoms with van der Waals surface area (Å²) in [6.45, 7) is 9.55. The van der Waals surface area contributed by atoms with Crippen LogP contribution in [0, 0.1) is 34.5 Å². The highest BCUT2D eigenvalue weighted by atomic mass is 16.5. The van der Waals surface area contributed by atoms with Crippen LogP contribution in [-0.2, 0) is 28.7 Å². The molecule has 0 bridgehead atoms. The second kappa shape index (κ2) is 7.50. The van der Waals surface area contributed by atoms with Crippen molar-refractivity contribution in [2.75, 3.05) is 14.2 Å². The maximum Gasteiger partial charge on any atom is 0.309 e. The second-order valence-electron chi connectivity index (χ2n) is 7.86. The first-order valence-corrected chi connectivity index (χ1v) is 8.25. The first-order valence-electron chi connectivity index (χ1n) is 8.25. The highest BCUT2D eigenvalue weighted by Gasteiger charge is 2.62. The number of hydrogen-bond acceptors (Lipinski definition) is 6. The summed E-state index contributed by atoms with van der Waals surface area (Å²) in [4.78, 5) is 43.2. The molecule has 2 saturated carbocycles. The van der Waals surface area contributed by atoms with Crippen LogP contribution in [0.25, 0.3) is 0 Å². The van der Waals surface area contributed by atoms with Crippen LogP contribution in [0.1, 0.15) is 34.6 Å². The smallest absolute Gasteiger partial charge is 0.309 e. The van der Waals surface area contributed by atoms with Gasteiger partial charge in [-0.3, -0.25) is 14.4 Å². The molecule has 6 heteroatoms. The summed E-state index contributed by atoms with van der Waals surface area (Å²) in [6, 6.07) is 0. The predicted octanol–water partition coefficient (Wildman–Crippen LogP) is 2.21. The molecule has 0 saturated heterocycles. The van der Waals surface area contributed by atoms with Crippen molar-refractivity contribution in [2.24, 2.45) is 34.5 Å². The van der Waals surface area contributed by atoms with Gasteiger partial charge >= 0.3 is 11.9 Å². The number of allylic oxidation sites excluding steroid dienone is 2. The lowest BCUT2D eigenvalue weighted by molar-refractivity contribution is -0.144. The summed E-state index contributed by atoms with van der Waals surface area (Å²) in [5, 5.41) is 0. The van der Waals surface area contributed by atoms with Gasteiger partial charge in [0.2, 0.25) is 0 Å². The standard InChI is InChI=1S/C11H16O3.C8H12O3/c1-7(6-12)5-8-9(10(13)14-4)11(8,2)3;1-8(2)5(4-9)6(8)7(10)11-3/h5-6,8-9H,1-4H3;4-6H,1-3H3/b7-5+;. The van der Waals surface area contributed by atoms with Crippen LogP contribution >= 0.6 is 0 Å². The molecule has 6 nitrogen and oxygen atoms in total. The second-order valence-corrected chi connectivity index (χ2v) is 7.86. The molecule has 0 N–H and O–H groups in total. The minimum Gasteiger partial charge on any atom is -0.469 e. The van der Waals surface area contributed by atoms with Crippen molar-refractivity contribution in [2.45, 2.75) is 34.6 Å². The lowest BCUT2D eigenvalue weighted by Gasteiger charge is -1.99. The Labute approximate surface area is 148 Å². The topological polar surface area (TPSA) is 86.7 Å². The molecule has 25 heavy (non-hydrogen) atoms. The van der Waals surface area contributed by atoms with Gasteiger partial charge in [0.1, 0.15) is 12.6 Å². The number of aldehydes is 2. The summed E-state index contributed by atoms with van der Waals surface area (Å²) in [5.74, 6) is -0.774. The lowest BCUT2D eigenvalue weighted by atomic mass is 10.1. The van der Waals surface area contributed by atoms with E-state index in [4.69, 9.17) is 4.74 Å². The van der Waals surface area contributed by atoms with Crippen LogP contribution in [0.5, 0.6) is 0 Å². The predicted molar refractivity (Wildman–Crippen MR) is 91.4 cm³/mol. The van der Waals surface area contributed by atoms with Crippen molar-refractivity contribution in [3.8, 4) is 0 Å². The average Bonchev–Trinajstić information content (AvgIpc) is 3.33. The SMILES string of the molecule is COC(=O)C1C(/C=C(\C)C=O)C1(C)C.COC(=O)C1C(C=O)C1(C)C. The van der Waals surface area contributed by atoms with Gasteiger partial charge in [0, 0.05) is 5.92 Å². The number of ether oxygens (including phenoxy) is 2. The molecule has 0 spiro atoms. The Hall–Kier alpha value is -1.98. The van der Waals surface area contributed by atoms with Crippen LogP contribution in [-0.4, -0.2) is 38.7 Å². The van der Waals surface area contributed by atoms with Crippen molar-refractivity contribution in [1.82, 2.24) is 0 Å². The molecule has 0 heterocycles. The van der Waals surface area contributed by atoms with Gasteiger partial charge in [-0.1, -0.05) is 33.8 Å². The first-order chi connectivity index (χ1) is 11.5. The van der Waals surface area contributed by atoms with E-state index in [1.165, 1.54) is 14.2 Å². The zero-order valence-corrected chi connectivity index (χ0v) is 16.0. The summed E-state index contributed by atoms with van der Waals surface area (Å²) in [5.41, 5.74) is 0.418. The van der Waals surface area contributed by atoms with E-state index in [0.29, 0.717) is 5.57 Å². The Bertz CT molecular complexity index is 587. The molecule has 4 unspecified atom stereocenters. The van der Waals surface area contributed by atoms with Crippen molar-refractivity contribution >= 4 is 24.5 Å². The maximum atomic E-state index is 11.3. The number of rotatable bonds is 5. The molecule has 0 aromatic rings. The van der Waals surface area contributed by atoms with Crippen LogP contribution in [0.15, 0.2) is 11.6 Å². The molecule has 0 aromatic carbocycles. The molecule has 2 rings (SSSR count). The summed E-state index contributed by atoms with van der Waals surface area (Å²) in [6.07, 6.45) is 3.50. The highest BCUT2D eigenvalue weighted by Crippen LogP contribution is 2.59. The molecule has 0 aromatic heterocycles. The Balaban J connectivity index is 0.000000257. The van der Waals surface area contributed by atoms with E-state index in [1.807, 2.05) is 33.8 Å². The van der Waals surface area contributed by atoms with Gasteiger partial charge in [-0.2, -0.15) is 0 Å². The summed E-state index contributed by atoms with van der Waals surface area (Å²) in [7, 11) is 2.74. The van der Waals surface area contributed by atoms with Crippen LogP contribution < -0.4 is 0 Å². The Morgan fingerprint density at radius 2 is 1.24 bits per heavy atom. The van der Waals surface area contributed by atoms with Gasteiger partial charge in [0.25, 0.3) is 0 Å². The zero-order valence-electron chi connectivity index (χ0n) is 16.0. The number of methoxy groups -OCH3 is 2. The van der Waals surface area contributed by atoms with E-state index in [1.54, 1.807) is 6.92 Å².